The average molecular weight is 381 g/mol. The van der Waals surface area contributed by atoms with Crippen LogP contribution in [0, 0.1) is 5.82 Å². The van der Waals surface area contributed by atoms with Gasteiger partial charge in [0.1, 0.15) is 11.6 Å². The first kappa shape index (κ1) is 18.1. The third-order valence-corrected chi connectivity index (χ3v) is 4.58. The second-order valence-electron chi connectivity index (χ2n) is 6.62. The number of fused-ring (bicyclic) bond motifs is 1. The first-order chi connectivity index (χ1) is 13.6. The standard InChI is InChI=1S/C22H20FNO4/c1-14(16-5-8-19-21(13-16)27-12-2-11-26-19)24-22(25)20-10-9-18(28-20)15-3-6-17(23)7-4-15/h3-10,13-14H,2,11-12H2,1H3,(H,24,25)/t14-/m1/s1. The van der Waals surface area contributed by atoms with Gasteiger partial charge in [0.25, 0.3) is 5.91 Å². The van der Waals surface area contributed by atoms with Crippen molar-refractivity contribution in [1.82, 2.24) is 5.32 Å². The van der Waals surface area contributed by atoms with Crippen molar-refractivity contribution in [2.24, 2.45) is 0 Å². The summed E-state index contributed by atoms with van der Waals surface area (Å²) in [5, 5.41) is 2.92. The van der Waals surface area contributed by atoms with Crippen molar-refractivity contribution in [1.29, 1.82) is 0 Å². The molecule has 6 heteroatoms. The molecule has 1 aromatic heterocycles. The van der Waals surface area contributed by atoms with Crippen LogP contribution in [-0.4, -0.2) is 19.1 Å². The molecule has 28 heavy (non-hydrogen) atoms. The van der Waals surface area contributed by atoms with Gasteiger partial charge in [0, 0.05) is 12.0 Å². The second-order valence-corrected chi connectivity index (χ2v) is 6.62. The largest absolute Gasteiger partial charge is 0.490 e. The first-order valence-corrected chi connectivity index (χ1v) is 9.16. The van der Waals surface area contributed by atoms with E-state index in [0.717, 1.165) is 17.7 Å². The van der Waals surface area contributed by atoms with Gasteiger partial charge in [-0.2, -0.15) is 0 Å². The van der Waals surface area contributed by atoms with E-state index in [1.54, 1.807) is 24.3 Å². The number of carbonyl (C=O) groups excluding carboxylic acids is 1. The van der Waals surface area contributed by atoms with E-state index >= 15 is 0 Å². The van der Waals surface area contributed by atoms with Crippen molar-refractivity contribution in [3.05, 3.63) is 71.7 Å². The Morgan fingerprint density at radius 1 is 1.00 bits per heavy atom. The molecular formula is C22H20FNO4. The third-order valence-electron chi connectivity index (χ3n) is 4.58. The molecule has 1 amide bonds. The highest BCUT2D eigenvalue weighted by Gasteiger charge is 2.18. The van der Waals surface area contributed by atoms with Crippen molar-refractivity contribution >= 4 is 5.91 Å². The van der Waals surface area contributed by atoms with Crippen LogP contribution in [-0.2, 0) is 0 Å². The number of furan rings is 1. The lowest BCUT2D eigenvalue weighted by atomic mass is 10.1. The van der Waals surface area contributed by atoms with E-state index in [0.29, 0.717) is 30.3 Å². The number of amides is 1. The van der Waals surface area contributed by atoms with Crippen LogP contribution >= 0.6 is 0 Å². The number of benzene rings is 2. The molecule has 0 saturated carbocycles. The summed E-state index contributed by atoms with van der Waals surface area (Å²) in [5.74, 6) is 1.46. The molecule has 0 bridgehead atoms. The van der Waals surface area contributed by atoms with E-state index in [1.165, 1.54) is 12.1 Å². The van der Waals surface area contributed by atoms with Crippen LogP contribution in [0.25, 0.3) is 11.3 Å². The maximum Gasteiger partial charge on any atom is 0.287 e. The van der Waals surface area contributed by atoms with E-state index in [1.807, 2.05) is 25.1 Å². The molecule has 1 aliphatic rings. The molecule has 5 nitrogen and oxygen atoms in total. The van der Waals surface area contributed by atoms with Crippen molar-refractivity contribution in [3.63, 3.8) is 0 Å². The average Bonchev–Trinajstić information content (AvgIpc) is 3.07. The van der Waals surface area contributed by atoms with E-state index in [9.17, 15) is 9.18 Å². The number of hydrogen-bond donors (Lipinski definition) is 1. The van der Waals surface area contributed by atoms with Crippen LogP contribution in [0.2, 0.25) is 0 Å². The molecule has 0 spiro atoms. The molecule has 144 valence electrons. The maximum absolute atomic E-state index is 13.1. The number of carbonyl (C=O) groups is 1. The molecule has 0 radical (unpaired) electrons. The minimum absolute atomic E-state index is 0.195. The Morgan fingerprint density at radius 3 is 2.54 bits per heavy atom. The van der Waals surface area contributed by atoms with Crippen LogP contribution in [0.1, 0.15) is 35.5 Å². The number of halogens is 1. The molecule has 2 heterocycles. The maximum atomic E-state index is 13.1. The lowest BCUT2D eigenvalue weighted by Gasteiger charge is -2.16. The predicted molar refractivity (Wildman–Crippen MR) is 102 cm³/mol. The van der Waals surface area contributed by atoms with Gasteiger partial charge in [-0.05, 0) is 61.0 Å². The molecule has 0 unspecified atom stereocenters. The van der Waals surface area contributed by atoms with Gasteiger partial charge in [-0.25, -0.2) is 4.39 Å². The van der Waals surface area contributed by atoms with E-state index in [2.05, 4.69) is 5.32 Å². The molecule has 4 rings (SSSR count). The Bertz CT molecular complexity index is 980. The number of ether oxygens (including phenoxy) is 2. The highest BCUT2D eigenvalue weighted by atomic mass is 19.1. The smallest absolute Gasteiger partial charge is 0.287 e. The second kappa shape index (κ2) is 7.76. The molecule has 0 saturated heterocycles. The van der Waals surface area contributed by atoms with Crippen LogP contribution in [0.5, 0.6) is 11.5 Å². The minimum atomic E-state index is -0.326. The zero-order valence-corrected chi connectivity index (χ0v) is 15.4. The first-order valence-electron chi connectivity index (χ1n) is 9.16. The van der Waals surface area contributed by atoms with Crippen molar-refractivity contribution < 1.29 is 23.1 Å². The summed E-state index contributed by atoms with van der Waals surface area (Å²) in [6.07, 6.45) is 0.838. The zero-order chi connectivity index (χ0) is 19.5. The fraction of sp³-hybridized carbons (Fsp3) is 0.227. The van der Waals surface area contributed by atoms with Crippen LogP contribution in [0.15, 0.2) is 59.0 Å². The number of rotatable bonds is 4. The molecule has 1 atom stereocenters. The topological polar surface area (TPSA) is 60.7 Å². The van der Waals surface area contributed by atoms with Gasteiger partial charge in [0.15, 0.2) is 17.3 Å². The normalized spacial score (nSPS) is 14.2. The van der Waals surface area contributed by atoms with Gasteiger partial charge in [0.05, 0.1) is 19.3 Å². The molecule has 3 aromatic rings. The molecule has 1 aliphatic heterocycles. The van der Waals surface area contributed by atoms with Crippen LogP contribution in [0.4, 0.5) is 4.39 Å². The summed E-state index contributed by atoms with van der Waals surface area (Å²) in [6.45, 7) is 3.13. The summed E-state index contributed by atoms with van der Waals surface area (Å²) in [5.41, 5.74) is 1.61. The summed E-state index contributed by atoms with van der Waals surface area (Å²) in [4.78, 5) is 12.6. The van der Waals surface area contributed by atoms with Gasteiger partial charge in [0.2, 0.25) is 0 Å². The Morgan fingerprint density at radius 2 is 1.75 bits per heavy atom. The Labute approximate surface area is 162 Å². The van der Waals surface area contributed by atoms with Gasteiger partial charge in [-0.15, -0.1) is 0 Å². The molecule has 0 aliphatic carbocycles. The Hall–Kier alpha value is -3.28. The quantitative estimate of drug-likeness (QED) is 0.709. The highest BCUT2D eigenvalue weighted by Crippen LogP contribution is 2.32. The molecule has 2 aromatic carbocycles. The Balaban J connectivity index is 1.46. The van der Waals surface area contributed by atoms with Gasteiger partial charge < -0.3 is 19.2 Å². The molecule has 0 fully saturated rings. The van der Waals surface area contributed by atoms with Crippen LogP contribution < -0.4 is 14.8 Å². The van der Waals surface area contributed by atoms with E-state index in [4.69, 9.17) is 13.9 Å². The van der Waals surface area contributed by atoms with E-state index < -0.39 is 0 Å². The molecule has 1 N–H and O–H groups in total. The van der Waals surface area contributed by atoms with Gasteiger partial charge >= 0.3 is 0 Å². The van der Waals surface area contributed by atoms with Crippen molar-refractivity contribution in [3.8, 4) is 22.8 Å². The monoisotopic (exact) mass is 381 g/mol. The zero-order valence-electron chi connectivity index (χ0n) is 15.4. The lowest BCUT2D eigenvalue weighted by Crippen LogP contribution is -2.26. The SMILES string of the molecule is C[C@@H](NC(=O)c1ccc(-c2ccc(F)cc2)o1)c1ccc2c(c1)OCCCO2. The summed E-state index contributed by atoms with van der Waals surface area (Å²) in [7, 11) is 0. The van der Waals surface area contributed by atoms with Gasteiger partial charge in [-0.1, -0.05) is 6.07 Å². The fourth-order valence-corrected chi connectivity index (χ4v) is 3.03. The fourth-order valence-electron chi connectivity index (χ4n) is 3.03. The van der Waals surface area contributed by atoms with Crippen molar-refractivity contribution in [2.45, 2.75) is 19.4 Å². The summed E-state index contributed by atoms with van der Waals surface area (Å²) < 4.78 is 30.0. The number of nitrogens with one attached hydrogen (secondary N) is 1. The third kappa shape index (κ3) is 3.86. The molecular weight excluding hydrogens is 361 g/mol. The van der Waals surface area contributed by atoms with Gasteiger partial charge in [-0.3, -0.25) is 4.79 Å². The predicted octanol–water partition coefficient (Wildman–Crippen LogP) is 4.74. The Kier molecular flexibility index (Phi) is 5.02. The minimum Gasteiger partial charge on any atom is -0.490 e. The highest BCUT2D eigenvalue weighted by molar-refractivity contribution is 5.92. The summed E-state index contributed by atoms with van der Waals surface area (Å²) >= 11 is 0. The van der Waals surface area contributed by atoms with Crippen molar-refractivity contribution in [2.75, 3.05) is 13.2 Å². The van der Waals surface area contributed by atoms with E-state index in [-0.39, 0.29) is 23.5 Å². The number of hydrogen-bond acceptors (Lipinski definition) is 4. The van der Waals surface area contributed by atoms with Crippen LogP contribution in [0.3, 0.4) is 0 Å². The lowest BCUT2D eigenvalue weighted by molar-refractivity contribution is 0.0912. The summed E-state index contributed by atoms with van der Waals surface area (Å²) in [6, 6.07) is 14.6.